The number of amides is 1. The van der Waals surface area contributed by atoms with Crippen molar-refractivity contribution in [3.05, 3.63) is 24.3 Å². The lowest BCUT2D eigenvalue weighted by Gasteiger charge is -2.41. The van der Waals surface area contributed by atoms with E-state index in [4.69, 9.17) is 14.0 Å². The summed E-state index contributed by atoms with van der Waals surface area (Å²) in [4.78, 5) is 12.9. The summed E-state index contributed by atoms with van der Waals surface area (Å²) in [6.07, 6.45) is 36.9. The van der Waals surface area contributed by atoms with Gasteiger partial charge in [0.25, 0.3) is 0 Å². The molecule has 1 rings (SSSR count). The molecule has 13 heteroatoms. The van der Waals surface area contributed by atoms with E-state index in [0.29, 0.717) is 6.42 Å². The summed E-state index contributed by atoms with van der Waals surface area (Å²) in [5.74, 6) is -0.298. The molecule has 1 saturated heterocycles. The number of nitrogens with one attached hydrogen (secondary N) is 1. The zero-order valence-electron chi connectivity index (χ0n) is 38.5. The largest absolute Gasteiger partial charge is 0.397 e. The minimum absolute atomic E-state index is 0.220. The SMILES string of the molecule is CCCCCC/C=C\CCCC(=O)NC(COC1OC(CO)C(O)C(OS(=O)(=O)O)C1O)C(O)/C=C/CCCCCCCCCCCCCCCCCCCCCCCCC. The number of allylic oxidation sites excluding steroid dienone is 3. The molecule has 0 aliphatic carbocycles. The van der Waals surface area contributed by atoms with Gasteiger partial charge in [-0.1, -0.05) is 199 Å². The molecule has 7 unspecified atom stereocenters. The Bertz CT molecular complexity index is 1190. The van der Waals surface area contributed by atoms with Gasteiger partial charge in [-0.3, -0.25) is 9.35 Å². The Hall–Kier alpha value is -1.42. The van der Waals surface area contributed by atoms with Crippen LogP contribution in [0.4, 0.5) is 0 Å². The van der Waals surface area contributed by atoms with Gasteiger partial charge in [-0.25, -0.2) is 4.18 Å². The Morgan fingerprint density at radius 3 is 1.49 bits per heavy atom. The summed E-state index contributed by atoms with van der Waals surface area (Å²) in [7, 11) is -5.08. The smallest absolute Gasteiger partial charge is 0.394 e. The maximum Gasteiger partial charge on any atom is 0.397 e. The highest BCUT2D eigenvalue weighted by molar-refractivity contribution is 7.80. The second kappa shape index (κ2) is 39.0. The topological polar surface area (TPSA) is 192 Å². The average molecular weight is 890 g/mol. The highest BCUT2D eigenvalue weighted by atomic mass is 32.3. The summed E-state index contributed by atoms with van der Waals surface area (Å²) in [6, 6.07) is -0.955. The number of ether oxygens (including phenoxy) is 2. The van der Waals surface area contributed by atoms with Gasteiger partial charge in [0, 0.05) is 6.42 Å². The molecule has 0 bridgehead atoms. The number of aliphatic hydroxyl groups excluding tert-OH is 4. The first-order valence-electron chi connectivity index (χ1n) is 24.7. The lowest BCUT2D eigenvalue weighted by atomic mass is 9.99. The van der Waals surface area contributed by atoms with E-state index in [9.17, 15) is 33.6 Å². The van der Waals surface area contributed by atoms with Crippen molar-refractivity contribution in [2.45, 2.75) is 262 Å². The van der Waals surface area contributed by atoms with Gasteiger partial charge in [0.1, 0.15) is 24.4 Å². The van der Waals surface area contributed by atoms with Crippen LogP contribution in [0.25, 0.3) is 0 Å². The molecule has 12 nitrogen and oxygen atoms in total. The lowest BCUT2D eigenvalue weighted by molar-refractivity contribution is -0.298. The molecule has 0 aromatic carbocycles. The van der Waals surface area contributed by atoms with Crippen LogP contribution in [0.5, 0.6) is 0 Å². The monoisotopic (exact) mass is 890 g/mol. The molecule has 1 aliphatic heterocycles. The van der Waals surface area contributed by atoms with Crippen LogP contribution < -0.4 is 5.32 Å². The zero-order valence-corrected chi connectivity index (χ0v) is 39.3. The van der Waals surface area contributed by atoms with E-state index < -0.39 is 59.9 Å². The summed E-state index contributed by atoms with van der Waals surface area (Å²) in [6.45, 7) is 3.34. The summed E-state index contributed by atoms with van der Waals surface area (Å²) >= 11 is 0. The minimum atomic E-state index is -5.08. The van der Waals surface area contributed by atoms with Gasteiger partial charge in [-0.2, -0.15) is 8.42 Å². The van der Waals surface area contributed by atoms with E-state index in [-0.39, 0.29) is 18.9 Å². The Morgan fingerprint density at radius 1 is 0.639 bits per heavy atom. The van der Waals surface area contributed by atoms with Crippen LogP contribution in [-0.2, 0) is 28.9 Å². The van der Waals surface area contributed by atoms with Gasteiger partial charge in [-0.15, -0.1) is 0 Å². The molecular formula is C48H91NO11S. The number of hydrogen-bond acceptors (Lipinski definition) is 10. The maximum absolute atomic E-state index is 12.9. The van der Waals surface area contributed by atoms with Crippen molar-refractivity contribution >= 4 is 16.3 Å². The third-order valence-corrected chi connectivity index (χ3v) is 12.2. The van der Waals surface area contributed by atoms with Gasteiger partial charge in [-0.05, 0) is 38.5 Å². The first-order chi connectivity index (χ1) is 29.5. The molecule has 6 N–H and O–H groups in total. The molecule has 0 saturated carbocycles. The second-order valence-electron chi connectivity index (χ2n) is 17.4. The van der Waals surface area contributed by atoms with Crippen LogP contribution in [0.3, 0.4) is 0 Å². The molecule has 1 fully saturated rings. The number of aliphatic hydroxyl groups is 4. The fourth-order valence-corrected chi connectivity index (χ4v) is 8.38. The number of carbonyl (C=O) groups excluding carboxylic acids is 1. The molecule has 1 amide bonds. The second-order valence-corrected chi connectivity index (χ2v) is 18.4. The van der Waals surface area contributed by atoms with Crippen LogP contribution >= 0.6 is 0 Å². The van der Waals surface area contributed by atoms with Crippen LogP contribution in [0.15, 0.2) is 24.3 Å². The van der Waals surface area contributed by atoms with Crippen molar-refractivity contribution < 1.29 is 51.8 Å². The van der Waals surface area contributed by atoms with Crippen LogP contribution in [0.1, 0.15) is 219 Å². The molecule has 7 atom stereocenters. The quantitative estimate of drug-likeness (QED) is 0.0194. The Balaban J connectivity index is 2.37. The molecule has 61 heavy (non-hydrogen) atoms. The van der Waals surface area contributed by atoms with E-state index >= 15 is 0 Å². The van der Waals surface area contributed by atoms with Crippen molar-refractivity contribution in [2.75, 3.05) is 13.2 Å². The molecule has 0 radical (unpaired) electrons. The Kier molecular flexibility index (Phi) is 36.8. The third kappa shape index (κ3) is 32.0. The summed E-state index contributed by atoms with van der Waals surface area (Å²) < 4.78 is 47.5. The van der Waals surface area contributed by atoms with E-state index in [2.05, 4.69) is 35.5 Å². The predicted molar refractivity (Wildman–Crippen MR) is 245 cm³/mol. The van der Waals surface area contributed by atoms with Crippen LogP contribution in [-0.4, -0.2) is 95.4 Å². The van der Waals surface area contributed by atoms with E-state index in [1.807, 2.05) is 6.08 Å². The van der Waals surface area contributed by atoms with E-state index in [1.165, 1.54) is 154 Å². The number of unbranched alkanes of at least 4 members (excludes halogenated alkanes) is 28. The van der Waals surface area contributed by atoms with Crippen molar-refractivity contribution in [1.82, 2.24) is 5.32 Å². The maximum atomic E-state index is 12.9. The van der Waals surface area contributed by atoms with E-state index in [0.717, 1.165) is 38.5 Å². The Labute approximate surface area is 372 Å². The van der Waals surface area contributed by atoms with Crippen molar-refractivity contribution in [3.8, 4) is 0 Å². The number of carbonyl (C=O) groups is 1. The van der Waals surface area contributed by atoms with E-state index in [1.54, 1.807) is 6.08 Å². The molecule has 360 valence electrons. The van der Waals surface area contributed by atoms with Crippen LogP contribution in [0, 0.1) is 0 Å². The van der Waals surface area contributed by atoms with Crippen molar-refractivity contribution in [2.24, 2.45) is 0 Å². The van der Waals surface area contributed by atoms with Crippen molar-refractivity contribution in [3.63, 3.8) is 0 Å². The number of rotatable bonds is 42. The predicted octanol–water partition coefficient (Wildman–Crippen LogP) is 10.1. The highest BCUT2D eigenvalue weighted by Gasteiger charge is 2.48. The molecule has 0 aromatic rings. The molecule has 1 aliphatic rings. The fraction of sp³-hybridized carbons (Fsp3) is 0.896. The van der Waals surface area contributed by atoms with Crippen molar-refractivity contribution in [1.29, 1.82) is 0 Å². The third-order valence-electron chi connectivity index (χ3n) is 11.7. The first kappa shape index (κ1) is 57.6. The minimum Gasteiger partial charge on any atom is -0.394 e. The molecule has 0 spiro atoms. The Morgan fingerprint density at radius 2 is 1.05 bits per heavy atom. The first-order valence-corrected chi connectivity index (χ1v) is 26.1. The van der Waals surface area contributed by atoms with Gasteiger partial charge < -0.3 is 35.2 Å². The summed E-state index contributed by atoms with van der Waals surface area (Å²) in [5.41, 5.74) is 0. The highest BCUT2D eigenvalue weighted by Crippen LogP contribution is 2.26. The van der Waals surface area contributed by atoms with Gasteiger partial charge in [0.05, 0.1) is 25.4 Å². The molecular weight excluding hydrogens is 799 g/mol. The molecule has 1 heterocycles. The normalized spacial score (nSPS) is 20.8. The average Bonchev–Trinajstić information content (AvgIpc) is 3.23. The standard InChI is InChI=1S/C48H91NO11S/c1-3-5-7-9-11-13-14-15-16-17-18-19-20-21-22-23-24-25-26-27-28-30-31-33-35-37-42(51)41(49-44(52)38-36-34-32-29-12-10-8-6-4-2)40-58-48-46(54)47(60-61(55,56)57)45(53)43(39-50)59-48/h29,32,35,37,41-43,45-48,50-51,53-54H,3-28,30-31,33-34,36,38-40H2,1-2H3,(H,49,52)(H,55,56,57)/b32-29-,37-35+. The summed E-state index contributed by atoms with van der Waals surface area (Å²) in [5, 5.41) is 44.6. The van der Waals surface area contributed by atoms with Crippen LogP contribution in [0.2, 0.25) is 0 Å². The fourth-order valence-electron chi connectivity index (χ4n) is 7.87. The van der Waals surface area contributed by atoms with Gasteiger partial charge in [0.2, 0.25) is 5.91 Å². The number of hydrogen-bond donors (Lipinski definition) is 6. The molecule has 0 aromatic heterocycles. The van der Waals surface area contributed by atoms with Gasteiger partial charge >= 0.3 is 10.4 Å². The zero-order chi connectivity index (χ0) is 44.8. The van der Waals surface area contributed by atoms with Gasteiger partial charge in [0.15, 0.2) is 6.29 Å². The lowest BCUT2D eigenvalue weighted by Crippen LogP contribution is -2.61.